The van der Waals surface area contributed by atoms with Crippen LogP contribution in [0.15, 0.2) is 0 Å². The van der Waals surface area contributed by atoms with Crippen LogP contribution >= 0.6 is 0 Å². The first-order valence-corrected chi connectivity index (χ1v) is 6.40. The van der Waals surface area contributed by atoms with Crippen molar-refractivity contribution in [1.29, 1.82) is 0 Å². The molecular weight excluding hydrogens is 218 g/mol. The Hall–Kier alpha value is -0.610. The van der Waals surface area contributed by atoms with Crippen molar-refractivity contribution >= 4 is 5.97 Å². The van der Waals surface area contributed by atoms with Crippen LogP contribution in [0.5, 0.6) is 0 Å². The zero-order valence-corrected chi connectivity index (χ0v) is 11.4. The molecule has 0 aromatic carbocycles. The summed E-state index contributed by atoms with van der Waals surface area (Å²) in [5, 5.41) is 8.98. The fraction of sp³-hybridized carbons (Fsp3) is 0.923. The molecule has 0 aromatic rings. The van der Waals surface area contributed by atoms with Gasteiger partial charge in [-0.25, -0.2) is 0 Å². The zero-order valence-electron chi connectivity index (χ0n) is 11.4. The maximum absolute atomic E-state index is 10.9. The highest BCUT2D eigenvalue weighted by molar-refractivity contribution is 5.69. The highest BCUT2D eigenvalue weighted by atomic mass is 16.5. The van der Waals surface area contributed by atoms with Crippen molar-refractivity contribution in [2.45, 2.75) is 52.2 Å². The molecule has 1 saturated heterocycles. The minimum absolute atomic E-state index is 0.128. The molecule has 0 amide bonds. The number of hydrogen-bond donors (Lipinski definition) is 1. The monoisotopic (exact) mass is 243 g/mol. The number of hydrogen-bond acceptors (Lipinski definition) is 3. The fourth-order valence-corrected chi connectivity index (χ4v) is 2.50. The average Bonchev–Trinajstić information content (AvgIpc) is 2.13. The van der Waals surface area contributed by atoms with Gasteiger partial charge in [0.2, 0.25) is 0 Å². The van der Waals surface area contributed by atoms with Crippen molar-refractivity contribution < 1.29 is 14.6 Å². The Kier molecular flexibility index (Phi) is 4.95. The Bertz CT molecular complexity index is 263. The molecule has 4 heteroatoms. The quantitative estimate of drug-likeness (QED) is 0.802. The smallest absolute Gasteiger partial charge is 0.317 e. The van der Waals surface area contributed by atoms with Gasteiger partial charge < -0.3 is 9.84 Å². The number of nitrogens with zero attached hydrogens (tertiary/aromatic N) is 1. The Morgan fingerprint density at radius 2 is 2.18 bits per heavy atom. The molecule has 100 valence electrons. The molecular formula is C13H25NO3. The van der Waals surface area contributed by atoms with E-state index in [9.17, 15) is 4.79 Å². The molecule has 17 heavy (non-hydrogen) atoms. The lowest BCUT2D eigenvalue weighted by Crippen LogP contribution is -2.48. The van der Waals surface area contributed by atoms with E-state index in [1.54, 1.807) is 0 Å². The van der Waals surface area contributed by atoms with Gasteiger partial charge in [0.15, 0.2) is 0 Å². The van der Waals surface area contributed by atoms with Crippen molar-refractivity contribution in [1.82, 2.24) is 4.90 Å². The molecule has 4 nitrogen and oxygen atoms in total. The van der Waals surface area contributed by atoms with E-state index < -0.39 is 5.97 Å². The molecule has 1 rings (SSSR count). The molecule has 0 saturated carbocycles. The Labute approximate surface area is 104 Å². The summed E-state index contributed by atoms with van der Waals surface area (Å²) in [6.07, 6.45) is 1.84. The van der Waals surface area contributed by atoms with Gasteiger partial charge in [-0.1, -0.05) is 13.8 Å². The second-order valence-electron chi connectivity index (χ2n) is 5.97. The third-order valence-electron chi connectivity index (χ3n) is 3.13. The predicted molar refractivity (Wildman–Crippen MR) is 67.1 cm³/mol. The number of aliphatic carboxylic acids is 1. The summed E-state index contributed by atoms with van der Waals surface area (Å²) in [4.78, 5) is 13.0. The lowest BCUT2D eigenvalue weighted by Gasteiger charge is -2.41. The van der Waals surface area contributed by atoms with Crippen molar-refractivity contribution in [3.8, 4) is 0 Å². The fourth-order valence-electron chi connectivity index (χ4n) is 2.50. The third-order valence-corrected chi connectivity index (χ3v) is 3.13. The Morgan fingerprint density at radius 1 is 1.53 bits per heavy atom. The van der Waals surface area contributed by atoms with Crippen LogP contribution < -0.4 is 0 Å². The minimum Gasteiger partial charge on any atom is -0.480 e. The molecule has 1 aliphatic rings. The molecule has 1 aliphatic heterocycles. The molecule has 1 N–H and O–H groups in total. The van der Waals surface area contributed by atoms with Gasteiger partial charge in [0.25, 0.3) is 0 Å². The Balaban J connectivity index is 2.64. The van der Waals surface area contributed by atoms with E-state index in [2.05, 4.69) is 32.6 Å². The summed E-state index contributed by atoms with van der Waals surface area (Å²) < 4.78 is 5.68. The van der Waals surface area contributed by atoms with Crippen LogP contribution in [0, 0.1) is 5.92 Å². The van der Waals surface area contributed by atoms with Gasteiger partial charge in [0, 0.05) is 19.2 Å². The van der Waals surface area contributed by atoms with Crippen molar-refractivity contribution in [3.05, 3.63) is 0 Å². The molecule has 1 atom stereocenters. The molecule has 0 aliphatic carbocycles. The third kappa shape index (κ3) is 5.04. The molecule has 0 radical (unpaired) electrons. The van der Waals surface area contributed by atoms with Crippen LogP contribution in [0.3, 0.4) is 0 Å². The summed E-state index contributed by atoms with van der Waals surface area (Å²) >= 11 is 0. The van der Waals surface area contributed by atoms with Crippen molar-refractivity contribution in [2.24, 2.45) is 5.92 Å². The summed E-state index contributed by atoms with van der Waals surface area (Å²) in [5.74, 6) is -0.254. The van der Waals surface area contributed by atoms with E-state index in [-0.39, 0.29) is 12.1 Å². The first-order valence-electron chi connectivity index (χ1n) is 6.40. The van der Waals surface area contributed by atoms with Crippen LogP contribution in [-0.2, 0) is 9.53 Å². The van der Waals surface area contributed by atoms with Gasteiger partial charge in [-0.05, 0) is 32.6 Å². The lowest BCUT2D eigenvalue weighted by atomic mass is 9.92. The van der Waals surface area contributed by atoms with Gasteiger partial charge in [0.05, 0.1) is 12.1 Å². The van der Waals surface area contributed by atoms with E-state index in [1.165, 1.54) is 0 Å². The molecule has 1 unspecified atom stereocenters. The standard InChI is InChI=1S/C13H25NO3/c1-10(2)8-14(9-12(15)16)11-5-6-17-13(3,4)7-11/h10-11H,5-9H2,1-4H3,(H,15,16). The second-order valence-corrected chi connectivity index (χ2v) is 5.97. The molecule has 1 heterocycles. The van der Waals surface area contributed by atoms with Crippen LogP contribution in [0.1, 0.15) is 40.5 Å². The van der Waals surface area contributed by atoms with E-state index in [0.29, 0.717) is 12.0 Å². The van der Waals surface area contributed by atoms with E-state index in [4.69, 9.17) is 9.84 Å². The zero-order chi connectivity index (χ0) is 13.1. The average molecular weight is 243 g/mol. The summed E-state index contributed by atoms with van der Waals surface area (Å²) in [6, 6.07) is 0.331. The van der Waals surface area contributed by atoms with Crippen LogP contribution in [0.2, 0.25) is 0 Å². The van der Waals surface area contributed by atoms with E-state index >= 15 is 0 Å². The largest absolute Gasteiger partial charge is 0.480 e. The normalized spacial score (nSPS) is 24.2. The summed E-state index contributed by atoms with van der Waals surface area (Å²) in [5.41, 5.74) is -0.128. The number of carboxylic acid groups (broad SMARTS) is 1. The Morgan fingerprint density at radius 3 is 2.65 bits per heavy atom. The number of carboxylic acids is 1. The van der Waals surface area contributed by atoms with E-state index in [0.717, 1.165) is 26.0 Å². The van der Waals surface area contributed by atoms with Crippen molar-refractivity contribution in [2.75, 3.05) is 19.7 Å². The van der Waals surface area contributed by atoms with Crippen LogP contribution in [-0.4, -0.2) is 47.3 Å². The lowest BCUT2D eigenvalue weighted by molar-refractivity contribution is -0.141. The van der Waals surface area contributed by atoms with Crippen molar-refractivity contribution in [3.63, 3.8) is 0 Å². The number of carbonyl (C=O) groups is 1. The topological polar surface area (TPSA) is 49.8 Å². The molecule has 0 aromatic heterocycles. The number of rotatable bonds is 5. The molecule has 0 bridgehead atoms. The molecule has 0 spiro atoms. The maximum atomic E-state index is 10.9. The highest BCUT2D eigenvalue weighted by Crippen LogP contribution is 2.27. The van der Waals surface area contributed by atoms with Crippen LogP contribution in [0.25, 0.3) is 0 Å². The minimum atomic E-state index is -0.741. The SMILES string of the molecule is CC(C)CN(CC(=O)O)C1CCOC(C)(C)C1. The maximum Gasteiger partial charge on any atom is 0.317 e. The van der Waals surface area contributed by atoms with Gasteiger partial charge >= 0.3 is 5.97 Å². The summed E-state index contributed by atoms with van der Waals surface area (Å²) in [7, 11) is 0. The van der Waals surface area contributed by atoms with Crippen LogP contribution in [0.4, 0.5) is 0 Å². The predicted octanol–water partition coefficient (Wildman–Crippen LogP) is 1.99. The van der Waals surface area contributed by atoms with Gasteiger partial charge in [-0.3, -0.25) is 9.69 Å². The van der Waals surface area contributed by atoms with Gasteiger partial charge in [-0.15, -0.1) is 0 Å². The van der Waals surface area contributed by atoms with Gasteiger partial charge in [-0.2, -0.15) is 0 Å². The molecule has 1 fully saturated rings. The highest BCUT2D eigenvalue weighted by Gasteiger charge is 2.33. The summed E-state index contributed by atoms with van der Waals surface area (Å²) in [6.45, 7) is 10.1. The first-order chi connectivity index (χ1) is 7.80. The number of ether oxygens (including phenoxy) is 1. The van der Waals surface area contributed by atoms with E-state index in [1.807, 2.05) is 0 Å². The first kappa shape index (κ1) is 14.5. The van der Waals surface area contributed by atoms with Gasteiger partial charge in [0.1, 0.15) is 0 Å². The second kappa shape index (κ2) is 5.83.